The fourth-order valence-corrected chi connectivity index (χ4v) is 3.21. The summed E-state index contributed by atoms with van der Waals surface area (Å²) < 4.78 is 26.8. The molecule has 2 aromatic carbocycles. The Balaban J connectivity index is 2.19. The molecule has 0 aliphatic carbocycles. The lowest BCUT2D eigenvalue weighted by Gasteiger charge is -2.25. The Bertz CT molecular complexity index is 787. The Morgan fingerprint density at radius 2 is 1.92 bits per heavy atom. The third kappa shape index (κ3) is 5.04. The molecule has 0 saturated carbocycles. The lowest BCUT2D eigenvalue weighted by molar-refractivity contribution is -0.117. The number of aryl methyl sites for hydroxylation is 1. The van der Waals surface area contributed by atoms with E-state index in [2.05, 4.69) is 0 Å². The maximum atomic E-state index is 13.8. The first kappa shape index (κ1) is 18.9. The molecule has 2 aromatic rings. The summed E-state index contributed by atoms with van der Waals surface area (Å²) in [5.41, 5.74) is 1.75. The molecule has 0 heterocycles. The van der Waals surface area contributed by atoms with Crippen LogP contribution in [0.5, 0.6) is 0 Å². The number of rotatable bonds is 6. The molecule has 0 aromatic heterocycles. The van der Waals surface area contributed by atoms with Crippen molar-refractivity contribution in [2.24, 2.45) is 0 Å². The molecule has 0 aliphatic heterocycles. The first-order chi connectivity index (χ1) is 11.9. The minimum Gasteiger partial charge on any atom is -0.310 e. The van der Waals surface area contributed by atoms with E-state index < -0.39 is 16.9 Å². The zero-order valence-electron chi connectivity index (χ0n) is 14.0. The van der Waals surface area contributed by atoms with Crippen molar-refractivity contribution in [3.8, 4) is 6.07 Å². The summed E-state index contributed by atoms with van der Waals surface area (Å²) in [6.07, 6.45) is 0.196. The summed E-state index contributed by atoms with van der Waals surface area (Å²) in [7, 11) is 0. The van der Waals surface area contributed by atoms with Crippen molar-refractivity contribution >= 4 is 23.4 Å². The van der Waals surface area contributed by atoms with Crippen LogP contribution in [0.15, 0.2) is 47.4 Å². The van der Waals surface area contributed by atoms with Gasteiger partial charge in [-0.1, -0.05) is 17.7 Å². The van der Waals surface area contributed by atoms with Crippen LogP contribution in [0, 0.1) is 29.9 Å². The average molecular weight is 360 g/mol. The third-order valence-electron chi connectivity index (χ3n) is 3.60. The molecule has 1 unspecified atom stereocenters. The van der Waals surface area contributed by atoms with E-state index in [1.54, 1.807) is 6.92 Å². The van der Waals surface area contributed by atoms with Crippen molar-refractivity contribution < 1.29 is 13.6 Å². The van der Waals surface area contributed by atoms with E-state index in [-0.39, 0.29) is 23.8 Å². The van der Waals surface area contributed by atoms with Crippen LogP contribution in [-0.4, -0.2) is 17.7 Å². The molecule has 1 atom stereocenters. The first-order valence-electron chi connectivity index (χ1n) is 7.79. The Kier molecular flexibility index (Phi) is 6.54. The number of carbonyl (C=O) groups is 1. The number of halogens is 2. The van der Waals surface area contributed by atoms with Crippen LogP contribution in [0.4, 0.5) is 14.5 Å². The van der Waals surface area contributed by atoms with Gasteiger partial charge in [-0.05, 0) is 38.1 Å². The number of amides is 1. The van der Waals surface area contributed by atoms with Crippen LogP contribution in [-0.2, 0) is 4.79 Å². The topological polar surface area (TPSA) is 44.1 Å². The maximum absolute atomic E-state index is 13.8. The van der Waals surface area contributed by atoms with Gasteiger partial charge in [-0.15, -0.1) is 11.8 Å². The van der Waals surface area contributed by atoms with Gasteiger partial charge in [0.2, 0.25) is 5.91 Å². The van der Waals surface area contributed by atoms with Crippen LogP contribution in [0.25, 0.3) is 0 Å². The Labute approximate surface area is 150 Å². The predicted molar refractivity (Wildman–Crippen MR) is 95.4 cm³/mol. The summed E-state index contributed by atoms with van der Waals surface area (Å²) in [4.78, 5) is 14.6. The molecule has 25 heavy (non-hydrogen) atoms. The second-order valence-corrected chi connectivity index (χ2v) is 6.95. The van der Waals surface area contributed by atoms with Gasteiger partial charge in [0.15, 0.2) is 0 Å². The molecule has 1 amide bonds. The zero-order chi connectivity index (χ0) is 18.4. The Morgan fingerprint density at radius 1 is 1.24 bits per heavy atom. The SMILES string of the molecule is Cc1ccc(N(CCC#N)C(=O)C(C)Sc2ccc(F)cc2F)cc1. The molecule has 6 heteroatoms. The van der Waals surface area contributed by atoms with Crippen molar-refractivity contribution in [2.75, 3.05) is 11.4 Å². The smallest absolute Gasteiger partial charge is 0.240 e. The van der Waals surface area contributed by atoms with Gasteiger partial charge < -0.3 is 4.90 Å². The minimum atomic E-state index is -0.691. The Hall–Kier alpha value is -2.39. The van der Waals surface area contributed by atoms with E-state index in [0.717, 1.165) is 29.5 Å². The highest BCUT2D eigenvalue weighted by Gasteiger charge is 2.23. The van der Waals surface area contributed by atoms with Crippen molar-refractivity contribution in [2.45, 2.75) is 30.4 Å². The van der Waals surface area contributed by atoms with Gasteiger partial charge >= 0.3 is 0 Å². The number of nitriles is 1. The van der Waals surface area contributed by atoms with E-state index in [4.69, 9.17) is 5.26 Å². The van der Waals surface area contributed by atoms with E-state index in [9.17, 15) is 13.6 Å². The molecule has 2 rings (SSSR count). The zero-order valence-corrected chi connectivity index (χ0v) is 14.8. The van der Waals surface area contributed by atoms with E-state index >= 15 is 0 Å². The summed E-state index contributed by atoms with van der Waals surface area (Å²) in [6.45, 7) is 3.87. The van der Waals surface area contributed by atoms with Crippen molar-refractivity contribution in [3.05, 3.63) is 59.7 Å². The normalized spacial score (nSPS) is 11.6. The summed E-state index contributed by atoms with van der Waals surface area (Å²) in [6, 6.07) is 12.7. The molecule has 3 nitrogen and oxygen atoms in total. The Morgan fingerprint density at radius 3 is 2.52 bits per heavy atom. The highest BCUT2D eigenvalue weighted by Crippen LogP contribution is 2.29. The lowest BCUT2D eigenvalue weighted by Crippen LogP contribution is -2.37. The third-order valence-corrected chi connectivity index (χ3v) is 4.74. The van der Waals surface area contributed by atoms with Crippen LogP contribution < -0.4 is 4.90 Å². The van der Waals surface area contributed by atoms with Gasteiger partial charge in [0.1, 0.15) is 11.6 Å². The predicted octanol–water partition coefficient (Wildman–Crippen LogP) is 4.70. The number of hydrogen-bond donors (Lipinski definition) is 0. The number of hydrogen-bond acceptors (Lipinski definition) is 3. The number of thioether (sulfide) groups is 1. The van der Waals surface area contributed by atoms with Crippen LogP contribution in [0.2, 0.25) is 0 Å². The molecular formula is C19H18F2N2OS. The van der Waals surface area contributed by atoms with Gasteiger partial charge in [-0.3, -0.25) is 4.79 Å². The molecule has 0 saturated heterocycles. The van der Waals surface area contributed by atoms with Crippen molar-refractivity contribution in [3.63, 3.8) is 0 Å². The monoisotopic (exact) mass is 360 g/mol. The number of anilines is 1. The molecule has 0 aliphatic rings. The molecule has 0 radical (unpaired) electrons. The second-order valence-electron chi connectivity index (χ2n) is 5.57. The molecule has 0 spiro atoms. The van der Waals surface area contributed by atoms with Gasteiger partial charge in [-0.2, -0.15) is 5.26 Å². The average Bonchev–Trinajstić information content (AvgIpc) is 2.59. The van der Waals surface area contributed by atoms with Crippen LogP contribution in [0.1, 0.15) is 18.9 Å². The quantitative estimate of drug-likeness (QED) is 0.701. The first-order valence-corrected chi connectivity index (χ1v) is 8.67. The van der Waals surface area contributed by atoms with Crippen LogP contribution >= 0.6 is 11.8 Å². The summed E-state index contributed by atoms with van der Waals surface area (Å²) >= 11 is 1.03. The van der Waals surface area contributed by atoms with Crippen molar-refractivity contribution in [1.82, 2.24) is 0 Å². The van der Waals surface area contributed by atoms with Gasteiger partial charge in [0.05, 0.1) is 17.7 Å². The fourth-order valence-electron chi connectivity index (χ4n) is 2.28. The summed E-state index contributed by atoms with van der Waals surface area (Å²) in [5, 5.41) is 8.26. The standard InChI is InChI=1S/C19H18F2N2OS/c1-13-4-7-16(8-5-13)23(11-3-10-22)19(24)14(2)25-18-9-6-15(20)12-17(18)21/h4-9,12,14H,3,11H2,1-2H3. The maximum Gasteiger partial charge on any atom is 0.240 e. The highest BCUT2D eigenvalue weighted by atomic mass is 32.2. The van der Waals surface area contributed by atoms with Crippen molar-refractivity contribution in [1.29, 1.82) is 5.26 Å². The number of nitrogens with zero attached hydrogens (tertiary/aromatic N) is 2. The minimum absolute atomic E-state index is 0.196. The molecule has 0 fully saturated rings. The lowest BCUT2D eigenvalue weighted by atomic mass is 10.2. The number of carbonyl (C=O) groups excluding carboxylic acids is 1. The van der Waals surface area contributed by atoms with Gasteiger partial charge in [0.25, 0.3) is 0 Å². The molecule has 0 bridgehead atoms. The largest absolute Gasteiger partial charge is 0.310 e. The molecule has 0 N–H and O–H groups in total. The van der Waals surface area contributed by atoms with E-state index in [1.807, 2.05) is 37.3 Å². The summed E-state index contributed by atoms with van der Waals surface area (Å²) in [5.74, 6) is -1.58. The van der Waals surface area contributed by atoms with E-state index in [0.29, 0.717) is 5.69 Å². The van der Waals surface area contributed by atoms with Gasteiger partial charge in [0, 0.05) is 23.2 Å². The fraction of sp³-hybridized carbons (Fsp3) is 0.263. The second kappa shape index (κ2) is 8.63. The van der Waals surface area contributed by atoms with E-state index in [1.165, 1.54) is 11.0 Å². The van der Waals surface area contributed by atoms with Gasteiger partial charge in [-0.25, -0.2) is 8.78 Å². The molecular weight excluding hydrogens is 342 g/mol. The molecule has 130 valence electrons. The highest BCUT2D eigenvalue weighted by molar-refractivity contribution is 8.00. The van der Waals surface area contributed by atoms with Crippen LogP contribution in [0.3, 0.4) is 0 Å². The number of benzene rings is 2.